The molecule has 0 spiro atoms. The number of anilines is 3. The van der Waals surface area contributed by atoms with Crippen LogP contribution in [0.5, 0.6) is 0 Å². The number of nitrogens with one attached hydrogen (secondary N) is 3. The van der Waals surface area contributed by atoms with Gasteiger partial charge in [0.15, 0.2) is 0 Å². The van der Waals surface area contributed by atoms with Gasteiger partial charge in [0.1, 0.15) is 5.70 Å². The SMILES string of the molecule is CN(C)c1ccc(/C=C(\NC(=O)c2ccccc2)C(=O)Nc2ccc(SCC(=O)Nc3ccc(Cl)c(Cl)c3)cc2)cc1. The molecule has 0 saturated heterocycles. The molecule has 0 bridgehead atoms. The van der Waals surface area contributed by atoms with E-state index in [2.05, 4.69) is 16.0 Å². The molecule has 0 aliphatic carbocycles. The Kier molecular flexibility index (Phi) is 10.7. The lowest BCUT2D eigenvalue weighted by molar-refractivity contribution is -0.114. The predicted molar refractivity (Wildman–Crippen MR) is 174 cm³/mol. The molecule has 0 aliphatic rings. The maximum Gasteiger partial charge on any atom is 0.272 e. The fraction of sp³-hybridized carbons (Fsp3) is 0.0938. The monoisotopic (exact) mass is 618 g/mol. The zero-order valence-electron chi connectivity index (χ0n) is 22.9. The van der Waals surface area contributed by atoms with Crippen molar-refractivity contribution in [3.05, 3.63) is 124 Å². The molecule has 3 amide bonds. The summed E-state index contributed by atoms with van der Waals surface area (Å²) in [5.41, 5.74) is 3.39. The van der Waals surface area contributed by atoms with Gasteiger partial charge in [-0.3, -0.25) is 14.4 Å². The molecule has 0 aliphatic heterocycles. The van der Waals surface area contributed by atoms with Gasteiger partial charge < -0.3 is 20.9 Å². The number of hydrogen-bond acceptors (Lipinski definition) is 5. The first-order valence-electron chi connectivity index (χ1n) is 12.8. The third-order valence-corrected chi connectivity index (χ3v) is 7.69. The van der Waals surface area contributed by atoms with E-state index in [4.69, 9.17) is 23.2 Å². The number of hydrogen-bond donors (Lipinski definition) is 3. The van der Waals surface area contributed by atoms with Crippen molar-refractivity contribution in [1.82, 2.24) is 5.32 Å². The van der Waals surface area contributed by atoms with Gasteiger partial charge in [-0.25, -0.2) is 0 Å². The molecule has 0 saturated carbocycles. The van der Waals surface area contributed by atoms with Crippen LogP contribution in [0.1, 0.15) is 15.9 Å². The summed E-state index contributed by atoms with van der Waals surface area (Å²) in [6.07, 6.45) is 1.63. The lowest BCUT2D eigenvalue weighted by Gasteiger charge is -2.13. The summed E-state index contributed by atoms with van der Waals surface area (Å²) in [6, 6.07) is 28.3. The van der Waals surface area contributed by atoms with Crippen molar-refractivity contribution in [2.75, 3.05) is 35.4 Å². The smallest absolute Gasteiger partial charge is 0.272 e. The van der Waals surface area contributed by atoms with Crippen LogP contribution in [0, 0.1) is 0 Å². The topological polar surface area (TPSA) is 90.5 Å². The highest BCUT2D eigenvalue weighted by Gasteiger charge is 2.15. The van der Waals surface area contributed by atoms with Gasteiger partial charge in [-0.1, -0.05) is 53.5 Å². The number of benzene rings is 4. The number of carbonyl (C=O) groups excluding carboxylic acids is 3. The summed E-state index contributed by atoms with van der Waals surface area (Å²) in [7, 11) is 3.89. The van der Waals surface area contributed by atoms with Crippen LogP contribution < -0.4 is 20.9 Å². The quantitative estimate of drug-likeness (QED) is 0.129. The summed E-state index contributed by atoms with van der Waals surface area (Å²) >= 11 is 13.3. The third-order valence-electron chi connectivity index (χ3n) is 5.93. The van der Waals surface area contributed by atoms with Gasteiger partial charge in [0.25, 0.3) is 11.8 Å². The molecule has 214 valence electrons. The number of nitrogens with zero attached hydrogens (tertiary/aromatic N) is 1. The molecule has 3 N–H and O–H groups in total. The molecule has 10 heteroatoms. The second-order valence-corrected chi connectivity index (χ2v) is 11.2. The van der Waals surface area contributed by atoms with Crippen LogP contribution in [0.25, 0.3) is 6.08 Å². The third kappa shape index (κ3) is 8.88. The minimum atomic E-state index is -0.475. The van der Waals surface area contributed by atoms with E-state index in [9.17, 15) is 14.4 Å². The van der Waals surface area contributed by atoms with Crippen molar-refractivity contribution >= 4 is 75.8 Å². The van der Waals surface area contributed by atoms with Crippen molar-refractivity contribution in [1.29, 1.82) is 0 Å². The van der Waals surface area contributed by atoms with Crippen molar-refractivity contribution in [2.24, 2.45) is 0 Å². The fourth-order valence-electron chi connectivity index (χ4n) is 3.73. The average Bonchev–Trinajstić information content (AvgIpc) is 2.99. The summed E-state index contributed by atoms with van der Waals surface area (Å²) in [4.78, 5) is 41.3. The van der Waals surface area contributed by atoms with Crippen LogP contribution in [0.15, 0.2) is 108 Å². The van der Waals surface area contributed by atoms with Crippen molar-refractivity contribution in [3.8, 4) is 0 Å². The Morgan fingerprint density at radius 3 is 2.10 bits per heavy atom. The highest BCUT2D eigenvalue weighted by Crippen LogP contribution is 2.26. The first-order chi connectivity index (χ1) is 20.2. The summed E-state index contributed by atoms with van der Waals surface area (Å²) in [5, 5.41) is 9.14. The van der Waals surface area contributed by atoms with Crippen LogP contribution >= 0.6 is 35.0 Å². The van der Waals surface area contributed by atoms with Crippen LogP contribution in [-0.2, 0) is 9.59 Å². The maximum atomic E-state index is 13.3. The lowest BCUT2D eigenvalue weighted by Crippen LogP contribution is -2.30. The number of thioether (sulfide) groups is 1. The largest absolute Gasteiger partial charge is 0.378 e. The van der Waals surface area contributed by atoms with E-state index in [-0.39, 0.29) is 17.4 Å². The molecular weight excluding hydrogens is 591 g/mol. The minimum absolute atomic E-state index is 0.0962. The van der Waals surface area contributed by atoms with Gasteiger partial charge in [-0.2, -0.15) is 0 Å². The van der Waals surface area contributed by atoms with Gasteiger partial charge in [-0.15, -0.1) is 11.8 Å². The molecule has 0 radical (unpaired) electrons. The van der Waals surface area contributed by atoms with Crippen molar-refractivity contribution in [3.63, 3.8) is 0 Å². The first kappa shape index (κ1) is 30.7. The van der Waals surface area contributed by atoms with Gasteiger partial charge in [0, 0.05) is 41.6 Å². The van der Waals surface area contributed by atoms with E-state index in [1.165, 1.54) is 11.8 Å². The Balaban J connectivity index is 1.41. The molecule has 4 aromatic carbocycles. The molecule has 42 heavy (non-hydrogen) atoms. The molecule has 0 heterocycles. The Morgan fingerprint density at radius 2 is 1.45 bits per heavy atom. The number of amides is 3. The fourth-order valence-corrected chi connectivity index (χ4v) is 4.73. The number of rotatable bonds is 10. The number of carbonyl (C=O) groups is 3. The minimum Gasteiger partial charge on any atom is -0.378 e. The molecule has 4 aromatic rings. The highest BCUT2D eigenvalue weighted by atomic mass is 35.5. The van der Waals surface area contributed by atoms with E-state index >= 15 is 0 Å². The normalized spacial score (nSPS) is 11.0. The van der Waals surface area contributed by atoms with Crippen LogP contribution in [0.2, 0.25) is 10.0 Å². The van der Waals surface area contributed by atoms with E-state index in [1.54, 1.807) is 72.8 Å². The molecule has 0 fully saturated rings. The first-order valence-corrected chi connectivity index (χ1v) is 14.6. The second-order valence-electron chi connectivity index (χ2n) is 9.31. The van der Waals surface area contributed by atoms with Crippen LogP contribution in [0.3, 0.4) is 0 Å². The average molecular weight is 620 g/mol. The van der Waals surface area contributed by atoms with Gasteiger partial charge >= 0.3 is 0 Å². The highest BCUT2D eigenvalue weighted by molar-refractivity contribution is 8.00. The Hall–Kier alpha value is -4.24. The van der Waals surface area contributed by atoms with Gasteiger partial charge in [0.2, 0.25) is 5.91 Å². The Labute approximate surface area is 258 Å². The number of halogens is 2. The zero-order chi connectivity index (χ0) is 30.1. The molecule has 7 nitrogen and oxygen atoms in total. The standard InChI is InChI=1S/C32H28Cl2N4O3S/c1-38(2)25-13-8-21(9-14-25)18-29(37-31(40)22-6-4-3-5-7-22)32(41)36-23-10-15-26(16-11-23)42-20-30(39)35-24-12-17-27(33)28(34)19-24/h3-19H,20H2,1-2H3,(H,35,39)(H,36,41)(H,37,40)/b29-18-. The van der Waals surface area contributed by atoms with Crippen LogP contribution in [0.4, 0.5) is 17.1 Å². The summed E-state index contributed by atoms with van der Waals surface area (Å²) in [6.45, 7) is 0. The Bertz CT molecular complexity index is 1590. The Morgan fingerprint density at radius 1 is 0.786 bits per heavy atom. The molecular formula is C32H28Cl2N4O3S. The van der Waals surface area contributed by atoms with E-state index < -0.39 is 11.8 Å². The second kappa shape index (κ2) is 14.6. The van der Waals surface area contributed by atoms with Crippen molar-refractivity contribution < 1.29 is 14.4 Å². The zero-order valence-corrected chi connectivity index (χ0v) is 25.2. The molecule has 4 rings (SSSR count). The van der Waals surface area contributed by atoms with Gasteiger partial charge in [-0.05, 0) is 78.4 Å². The summed E-state index contributed by atoms with van der Waals surface area (Å²) < 4.78 is 0. The summed E-state index contributed by atoms with van der Waals surface area (Å²) in [5.74, 6) is -0.889. The van der Waals surface area contributed by atoms with Gasteiger partial charge in [0.05, 0.1) is 15.8 Å². The van der Waals surface area contributed by atoms with Crippen molar-refractivity contribution in [2.45, 2.75) is 4.90 Å². The maximum absolute atomic E-state index is 13.3. The van der Waals surface area contributed by atoms with E-state index in [0.29, 0.717) is 27.0 Å². The van der Waals surface area contributed by atoms with E-state index in [1.807, 2.05) is 49.3 Å². The predicted octanol–water partition coefficient (Wildman–Crippen LogP) is 7.20. The lowest BCUT2D eigenvalue weighted by atomic mass is 10.1. The molecule has 0 unspecified atom stereocenters. The molecule has 0 aromatic heterocycles. The van der Waals surface area contributed by atoms with E-state index in [0.717, 1.165) is 16.1 Å². The van der Waals surface area contributed by atoms with Crippen LogP contribution in [-0.4, -0.2) is 37.6 Å². The molecule has 0 atom stereocenters.